The van der Waals surface area contributed by atoms with E-state index in [4.69, 9.17) is 15.2 Å². The number of esters is 2. The molecule has 0 saturated heterocycles. The SMILES string of the molecule is CCCCC(CC)COC(=O)CCSc1cc(C)cc(C(=O)OC)c1N. The third kappa shape index (κ3) is 7.28. The number of nitrogen functional groups attached to an aromatic ring is 1. The molecule has 0 saturated carbocycles. The molecule has 1 unspecified atom stereocenters. The molecular weight excluding hydrogens is 350 g/mol. The van der Waals surface area contributed by atoms with E-state index in [0.29, 0.717) is 35.9 Å². The molecule has 0 fully saturated rings. The Labute approximate surface area is 161 Å². The highest BCUT2D eigenvalue weighted by atomic mass is 32.2. The number of thioether (sulfide) groups is 1. The van der Waals surface area contributed by atoms with Crippen LogP contribution in [0.5, 0.6) is 0 Å². The lowest BCUT2D eigenvalue weighted by Gasteiger charge is -2.15. The molecule has 0 aromatic heterocycles. The van der Waals surface area contributed by atoms with E-state index in [1.807, 2.05) is 13.0 Å². The second-order valence-corrected chi connectivity index (χ2v) is 7.55. The Morgan fingerprint density at radius 2 is 2.00 bits per heavy atom. The minimum atomic E-state index is -0.454. The highest BCUT2D eigenvalue weighted by Gasteiger charge is 2.15. The van der Waals surface area contributed by atoms with Crippen LogP contribution in [0.4, 0.5) is 5.69 Å². The number of carbonyl (C=O) groups is 2. The zero-order valence-electron chi connectivity index (χ0n) is 16.3. The molecule has 1 aromatic carbocycles. The van der Waals surface area contributed by atoms with Crippen LogP contribution >= 0.6 is 11.8 Å². The quantitative estimate of drug-likeness (QED) is 0.343. The Kier molecular flexibility index (Phi) is 10.2. The van der Waals surface area contributed by atoms with Crippen LogP contribution in [0.3, 0.4) is 0 Å². The van der Waals surface area contributed by atoms with Gasteiger partial charge in [0.2, 0.25) is 0 Å². The molecule has 0 spiro atoms. The number of benzene rings is 1. The van der Waals surface area contributed by atoms with Crippen LogP contribution in [0.2, 0.25) is 0 Å². The van der Waals surface area contributed by atoms with E-state index in [-0.39, 0.29) is 5.97 Å². The first-order valence-corrected chi connectivity index (χ1v) is 10.2. The number of anilines is 1. The Bertz CT molecular complexity index is 604. The zero-order valence-corrected chi connectivity index (χ0v) is 17.1. The van der Waals surface area contributed by atoms with Crippen molar-refractivity contribution in [3.63, 3.8) is 0 Å². The van der Waals surface area contributed by atoms with Gasteiger partial charge in [0.25, 0.3) is 0 Å². The van der Waals surface area contributed by atoms with E-state index in [0.717, 1.165) is 29.7 Å². The van der Waals surface area contributed by atoms with Crippen molar-refractivity contribution >= 4 is 29.4 Å². The highest BCUT2D eigenvalue weighted by Crippen LogP contribution is 2.30. The van der Waals surface area contributed by atoms with Crippen molar-refractivity contribution in [2.24, 2.45) is 5.92 Å². The molecule has 0 aliphatic rings. The van der Waals surface area contributed by atoms with Gasteiger partial charge in [-0.2, -0.15) is 0 Å². The Balaban J connectivity index is 2.51. The van der Waals surface area contributed by atoms with Crippen LogP contribution in [0.25, 0.3) is 0 Å². The van der Waals surface area contributed by atoms with Crippen LogP contribution in [0, 0.1) is 12.8 Å². The Hall–Kier alpha value is -1.69. The zero-order chi connectivity index (χ0) is 19.5. The predicted octanol–water partition coefficient (Wildman–Crippen LogP) is 4.61. The van der Waals surface area contributed by atoms with Gasteiger partial charge < -0.3 is 15.2 Å². The van der Waals surface area contributed by atoms with Crippen molar-refractivity contribution in [3.05, 3.63) is 23.3 Å². The minimum Gasteiger partial charge on any atom is -0.465 e. The van der Waals surface area contributed by atoms with E-state index in [1.54, 1.807) is 6.07 Å². The average Bonchev–Trinajstić information content (AvgIpc) is 2.63. The van der Waals surface area contributed by atoms with Crippen molar-refractivity contribution in [3.8, 4) is 0 Å². The van der Waals surface area contributed by atoms with Gasteiger partial charge in [-0.15, -0.1) is 11.8 Å². The fraction of sp³-hybridized carbons (Fsp3) is 0.600. The fourth-order valence-electron chi connectivity index (χ4n) is 2.59. The van der Waals surface area contributed by atoms with Gasteiger partial charge >= 0.3 is 11.9 Å². The molecule has 0 bridgehead atoms. The van der Waals surface area contributed by atoms with E-state index >= 15 is 0 Å². The maximum absolute atomic E-state index is 12.0. The summed E-state index contributed by atoms with van der Waals surface area (Å²) < 4.78 is 10.2. The van der Waals surface area contributed by atoms with Crippen LogP contribution in [0.15, 0.2) is 17.0 Å². The number of unbranched alkanes of at least 4 members (excludes halogenated alkanes) is 1. The summed E-state index contributed by atoms with van der Waals surface area (Å²) in [5, 5.41) is 0. The van der Waals surface area contributed by atoms with Crippen molar-refractivity contribution in [2.75, 3.05) is 25.2 Å². The standard InChI is InChI=1S/C20H31NO4S/c1-5-7-8-15(6-2)13-25-18(22)9-10-26-17-12-14(3)11-16(19(17)21)20(23)24-4/h11-12,15H,5-10,13,21H2,1-4H3. The molecule has 146 valence electrons. The smallest absolute Gasteiger partial charge is 0.340 e. The maximum atomic E-state index is 12.0. The second kappa shape index (κ2) is 11.8. The molecule has 26 heavy (non-hydrogen) atoms. The number of nitrogens with two attached hydrogens (primary N) is 1. The number of methoxy groups -OCH3 is 1. The van der Waals surface area contributed by atoms with E-state index < -0.39 is 5.97 Å². The molecule has 0 heterocycles. The Morgan fingerprint density at radius 3 is 2.62 bits per heavy atom. The van der Waals surface area contributed by atoms with Crippen molar-refractivity contribution < 1.29 is 19.1 Å². The van der Waals surface area contributed by atoms with Gasteiger partial charge in [0.1, 0.15) is 0 Å². The van der Waals surface area contributed by atoms with Crippen LogP contribution < -0.4 is 5.73 Å². The largest absolute Gasteiger partial charge is 0.465 e. The van der Waals surface area contributed by atoms with Gasteiger partial charge in [0, 0.05) is 10.6 Å². The first-order chi connectivity index (χ1) is 12.4. The topological polar surface area (TPSA) is 78.6 Å². The molecule has 1 aromatic rings. The van der Waals surface area contributed by atoms with Gasteiger partial charge in [0.05, 0.1) is 31.4 Å². The second-order valence-electron chi connectivity index (χ2n) is 6.41. The first kappa shape index (κ1) is 22.4. The number of ether oxygens (including phenoxy) is 2. The summed E-state index contributed by atoms with van der Waals surface area (Å²) in [5.74, 6) is 0.359. The number of hydrogen-bond acceptors (Lipinski definition) is 6. The lowest BCUT2D eigenvalue weighted by atomic mass is 10.0. The molecule has 0 amide bonds. The molecule has 1 atom stereocenters. The lowest BCUT2D eigenvalue weighted by Crippen LogP contribution is -2.14. The van der Waals surface area contributed by atoms with Crippen LogP contribution in [-0.2, 0) is 14.3 Å². The molecule has 6 heteroatoms. The van der Waals surface area contributed by atoms with Gasteiger partial charge in [-0.25, -0.2) is 4.79 Å². The maximum Gasteiger partial charge on any atom is 0.340 e. The summed E-state index contributed by atoms with van der Waals surface area (Å²) >= 11 is 1.45. The normalized spacial score (nSPS) is 11.8. The van der Waals surface area contributed by atoms with Gasteiger partial charge in [-0.1, -0.05) is 33.1 Å². The van der Waals surface area contributed by atoms with Crippen molar-refractivity contribution in [2.45, 2.75) is 57.8 Å². The van der Waals surface area contributed by atoms with Crippen LogP contribution in [0.1, 0.15) is 61.9 Å². The average molecular weight is 382 g/mol. The number of carbonyl (C=O) groups excluding carboxylic acids is 2. The summed E-state index contributed by atoms with van der Waals surface area (Å²) in [6.07, 6.45) is 4.77. The summed E-state index contributed by atoms with van der Waals surface area (Å²) in [6, 6.07) is 3.62. The molecule has 2 N–H and O–H groups in total. The minimum absolute atomic E-state index is 0.188. The van der Waals surface area contributed by atoms with Gasteiger partial charge in [-0.3, -0.25) is 4.79 Å². The van der Waals surface area contributed by atoms with Gasteiger partial charge in [0.15, 0.2) is 0 Å². The van der Waals surface area contributed by atoms with Gasteiger partial charge in [-0.05, 0) is 37.0 Å². The molecule has 1 rings (SSSR count). The summed E-state index contributed by atoms with van der Waals surface area (Å²) in [7, 11) is 1.33. The lowest BCUT2D eigenvalue weighted by molar-refractivity contribution is -0.144. The third-order valence-electron chi connectivity index (χ3n) is 4.28. The van der Waals surface area contributed by atoms with E-state index in [9.17, 15) is 9.59 Å². The first-order valence-electron chi connectivity index (χ1n) is 9.19. The third-order valence-corrected chi connectivity index (χ3v) is 5.34. The summed E-state index contributed by atoms with van der Waals surface area (Å²) in [5.41, 5.74) is 7.75. The molecule has 5 nitrogen and oxygen atoms in total. The van der Waals surface area contributed by atoms with E-state index in [2.05, 4.69) is 13.8 Å². The number of aryl methyl sites for hydroxylation is 1. The molecular formula is C20H31NO4S. The summed E-state index contributed by atoms with van der Waals surface area (Å²) in [4.78, 5) is 24.5. The summed E-state index contributed by atoms with van der Waals surface area (Å²) in [6.45, 7) is 6.69. The monoisotopic (exact) mass is 381 g/mol. The highest BCUT2D eigenvalue weighted by molar-refractivity contribution is 7.99. The van der Waals surface area contributed by atoms with Crippen LogP contribution in [-0.4, -0.2) is 31.4 Å². The Morgan fingerprint density at radius 1 is 1.27 bits per heavy atom. The van der Waals surface area contributed by atoms with Crippen molar-refractivity contribution in [1.29, 1.82) is 0 Å². The van der Waals surface area contributed by atoms with Crippen molar-refractivity contribution in [1.82, 2.24) is 0 Å². The molecule has 0 aliphatic carbocycles. The number of hydrogen-bond donors (Lipinski definition) is 1. The van der Waals surface area contributed by atoms with E-state index in [1.165, 1.54) is 25.3 Å². The fourth-order valence-corrected chi connectivity index (χ4v) is 3.61. The molecule has 0 aliphatic heterocycles. The molecule has 0 radical (unpaired) electrons. The number of rotatable bonds is 11. The predicted molar refractivity (Wildman–Crippen MR) is 107 cm³/mol.